The van der Waals surface area contributed by atoms with E-state index in [1.807, 2.05) is 0 Å². The molecule has 0 amide bonds. The minimum atomic E-state index is -0.264. The lowest BCUT2D eigenvalue weighted by molar-refractivity contribution is -0.116. The predicted octanol–water partition coefficient (Wildman–Crippen LogP) is 1.01. The second-order valence-corrected chi connectivity index (χ2v) is 4.31. The molecule has 0 radical (unpaired) electrons. The molecule has 0 bridgehead atoms. The van der Waals surface area contributed by atoms with Gasteiger partial charge in [-0.3, -0.25) is 4.90 Å². The van der Waals surface area contributed by atoms with Crippen LogP contribution < -0.4 is 0 Å². The summed E-state index contributed by atoms with van der Waals surface area (Å²) < 4.78 is 5.15. The van der Waals surface area contributed by atoms with Crippen molar-refractivity contribution in [3.05, 3.63) is 0 Å². The maximum atomic E-state index is 9.08. The molecule has 2 heterocycles. The molecule has 0 atom stereocenters. The van der Waals surface area contributed by atoms with E-state index in [0.29, 0.717) is 13.2 Å². The van der Waals surface area contributed by atoms with Gasteiger partial charge in [0.1, 0.15) is 0 Å². The highest BCUT2D eigenvalue weighted by atomic mass is 16.5. The molecule has 0 saturated carbocycles. The van der Waals surface area contributed by atoms with E-state index in [2.05, 4.69) is 17.9 Å². The maximum Gasteiger partial charge on any atom is 0.156 e. The zero-order valence-electron chi connectivity index (χ0n) is 8.12. The second-order valence-electron chi connectivity index (χ2n) is 4.31. The first-order valence-electron chi connectivity index (χ1n) is 5.01. The van der Waals surface area contributed by atoms with Gasteiger partial charge in [0.2, 0.25) is 0 Å². The highest BCUT2D eigenvalue weighted by Gasteiger charge is 2.45. The molecule has 13 heavy (non-hydrogen) atoms. The predicted molar refractivity (Wildman–Crippen MR) is 49.1 cm³/mol. The van der Waals surface area contributed by atoms with E-state index in [0.717, 1.165) is 19.0 Å². The standard InChI is InChI=1S/C10H16N2O/c1-9-2-4-12(5-3-9)10(6-11)7-13-8-10/h9H,2-5,7-8H2,1H3. The summed E-state index contributed by atoms with van der Waals surface area (Å²) in [6.07, 6.45) is 2.45. The Morgan fingerprint density at radius 1 is 1.38 bits per heavy atom. The van der Waals surface area contributed by atoms with E-state index >= 15 is 0 Å². The largest absolute Gasteiger partial charge is 0.375 e. The van der Waals surface area contributed by atoms with Crippen LogP contribution in [0.5, 0.6) is 0 Å². The van der Waals surface area contributed by atoms with Gasteiger partial charge in [0.15, 0.2) is 5.54 Å². The number of piperidine rings is 1. The molecule has 0 unspecified atom stereocenters. The number of hydrogen-bond donors (Lipinski definition) is 0. The van der Waals surface area contributed by atoms with Crippen molar-refractivity contribution in [3.8, 4) is 6.07 Å². The van der Waals surface area contributed by atoms with E-state index < -0.39 is 0 Å². The van der Waals surface area contributed by atoms with Crippen LogP contribution in [0.4, 0.5) is 0 Å². The van der Waals surface area contributed by atoms with E-state index in [9.17, 15) is 0 Å². The Labute approximate surface area is 79.3 Å². The summed E-state index contributed by atoms with van der Waals surface area (Å²) in [4.78, 5) is 2.30. The van der Waals surface area contributed by atoms with Crippen molar-refractivity contribution in [2.24, 2.45) is 5.92 Å². The first kappa shape index (κ1) is 8.98. The Balaban J connectivity index is 1.97. The summed E-state index contributed by atoms with van der Waals surface area (Å²) in [5.74, 6) is 0.827. The summed E-state index contributed by atoms with van der Waals surface area (Å²) in [6, 6.07) is 2.40. The van der Waals surface area contributed by atoms with Crippen LogP contribution in [0, 0.1) is 17.2 Å². The average Bonchev–Trinajstić information content (AvgIpc) is 2.07. The summed E-state index contributed by atoms with van der Waals surface area (Å²) in [6.45, 7) is 5.64. The van der Waals surface area contributed by atoms with Gasteiger partial charge in [-0.25, -0.2) is 0 Å². The molecule has 0 aromatic rings. The molecule has 2 aliphatic rings. The van der Waals surface area contributed by atoms with Crippen LogP contribution in [0.2, 0.25) is 0 Å². The lowest BCUT2D eigenvalue weighted by Gasteiger charge is -2.46. The monoisotopic (exact) mass is 180 g/mol. The Hall–Kier alpha value is -0.590. The molecule has 0 aromatic carbocycles. The van der Waals surface area contributed by atoms with Crippen molar-refractivity contribution in [1.29, 1.82) is 5.26 Å². The van der Waals surface area contributed by atoms with E-state index in [1.165, 1.54) is 12.8 Å². The Morgan fingerprint density at radius 3 is 2.38 bits per heavy atom. The van der Waals surface area contributed by atoms with E-state index in [-0.39, 0.29) is 5.54 Å². The molecule has 72 valence electrons. The molecule has 3 nitrogen and oxygen atoms in total. The topological polar surface area (TPSA) is 36.3 Å². The fourth-order valence-corrected chi connectivity index (χ4v) is 2.05. The second kappa shape index (κ2) is 3.28. The number of nitrogens with zero attached hydrogens (tertiary/aromatic N) is 2. The number of rotatable bonds is 1. The lowest BCUT2D eigenvalue weighted by Crippen LogP contribution is -2.62. The number of ether oxygens (including phenoxy) is 1. The summed E-state index contributed by atoms with van der Waals surface area (Å²) in [5.41, 5.74) is -0.264. The van der Waals surface area contributed by atoms with Gasteiger partial charge in [0, 0.05) is 13.1 Å². The third-order valence-corrected chi connectivity index (χ3v) is 3.28. The fourth-order valence-electron chi connectivity index (χ4n) is 2.05. The van der Waals surface area contributed by atoms with Crippen LogP contribution in [-0.2, 0) is 4.74 Å². The normalized spacial score (nSPS) is 29.2. The smallest absolute Gasteiger partial charge is 0.156 e. The highest BCUT2D eigenvalue weighted by molar-refractivity contribution is 5.13. The van der Waals surface area contributed by atoms with Gasteiger partial charge in [0.25, 0.3) is 0 Å². The molecule has 2 fully saturated rings. The molecule has 0 aromatic heterocycles. The molecule has 2 aliphatic heterocycles. The third-order valence-electron chi connectivity index (χ3n) is 3.28. The third kappa shape index (κ3) is 1.45. The van der Waals surface area contributed by atoms with Crippen LogP contribution in [-0.4, -0.2) is 36.7 Å². The van der Waals surface area contributed by atoms with Gasteiger partial charge in [-0.1, -0.05) is 6.92 Å². The van der Waals surface area contributed by atoms with Crippen LogP contribution in [0.25, 0.3) is 0 Å². The van der Waals surface area contributed by atoms with Crippen LogP contribution in [0.1, 0.15) is 19.8 Å². The van der Waals surface area contributed by atoms with Gasteiger partial charge in [0.05, 0.1) is 19.3 Å². The first-order chi connectivity index (χ1) is 6.27. The molecule has 0 spiro atoms. The maximum absolute atomic E-state index is 9.08. The summed E-state index contributed by atoms with van der Waals surface area (Å²) >= 11 is 0. The zero-order valence-corrected chi connectivity index (χ0v) is 8.12. The van der Waals surface area contributed by atoms with Gasteiger partial charge in [-0.2, -0.15) is 5.26 Å². The van der Waals surface area contributed by atoms with Gasteiger partial charge < -0.3 is 4.74 Å². The van der Waals surface area contributed by atoms with Crippen molar-refractivity contribution >= 4 is 0 Å². The molecule has 2 rings (SSSR count). The minimum Gasteiger partial charge on any atom is -0.375 e. The van der Waals surface area contributed by atoms with Crippen molar-refractivity contribution < 1.29 is 4.74 Å². The Kier molecular flexibility index (Phi) is 2.27. The van der Waals surface area contributed by atoms with Crippen molar-refractivity contribution in [2.75, 3.05) is 26.3 Å². The minimum absolute atomic E-state index is 0.264. The first-order valence-corrected chi connectivity index (χ1v) is 5.01. The van der Waals surface area contributed by atoms with Gasteiger partial charge >= 0.3 is 0 Å². The Morgan fingerprint density at radius 2 is 2.00 bits per heavy atom. The van der Waals surface area contributed by atoms with Crippen LogP contribution in [0.15, 0.2) is 0 Å². The summed E-state index contributed by atoms with van der Waals surface area (Å²) in [5, 5.41) is 9.08. The van der Waals surface area contributed by atoms with E-state index in [1.54, 1.807) is 0 Å². The molecular formula is C10H16N2O. The molecule has 2 saturated heterocycles. The zero-order chi connectivity index (χ0) is 9.31. The SMILES string of the molecule is CC1CCN(C2(C#N)COC2)CC1. The molecule has 0 N–H and O–H groups in total. The number of hydrogen-bond acceptors (Lipinski definition) is 3. The molecule has 0 aliphatic carbocycles. The number of likely N-dealkylation sites (tertiary alicyclic amines) is 1. The van der Waals surface area contributed by atoms with Crippen molar-refractivity contribution in [2.45, 2.75) is 25.3 Å². The molecular weight excluding hydrogens is 164 g/mol. The van der Waals surface area contributed by atoms with Gasteiger partial charge in [-0.05, 0) is 18.8 Å². The average molecular weight is 180 g/mol. The number of nitriles is 1. The lowest BCUT2D eigenvalue weighted by atomic mass is 9.91. The summed E-state index contributed by atoms with van der Waals surface area (Å²) in [7, 11) is 0. The van der Waals surface area contributed by atoms with Crippen molar-refractivity contribution in [3.63, 3.8) is 0 Å². The molecule has 3 heteroatoms. The Bertz CT molecular complexity index is 222. The van der Waals surface area contributed by atoms with E-state index in [4.69, 9.17) is 10.00 Å². The van der Waals surface area contributed by atoms with Gasteiger partial charge in [-0.15, -0.1) is 0 Å². The quantitative estimate of drug-likeness (QED) is 0.604. The van der Waals surface area contributed by atoms with Crippen LogP contribution >= 0.6 is 0 Å². The fraction of sp³-hybridized carbons (Fsp3) is 0.900. The van der Waals surface area contributed by atoms with Crippen molar-refractivity contribution in [1.82, 2.24) is 4.90 Å². The highest BCUT2D eigenvalue weighted by Crippen LogP contribution is 2.29. The van der Waals surface area contributed by atoms with Crippen LogP contribution in [0.3, 0.4) is 0 Å².